The lowest BCUT2D eigenvalue weighted by Crippen LogP contribution is -2.66. The first kappa shape index (κ1) is 44.3. The van der Waals surface area contributed by atoms with Crippen LogP contribution in [0.5, 0.6) is 0 Å². The molecule has 1 heterocycles. The number of allylic oxidation sites excluding steroid dienone is 2. The number of carbonyl (C=O) groups is 2. The Balaban J connectivity index is 1.10. The molecule has 19 atom stereocenters. The van der Waals surface area contributed by atoms with Gasteiger partial charge in [0.15, 0.2) is 6.29 Å². The number of aliphatic hydroxyl groups is 7. The zero-order valence-electron chi connectivity index (χ0n) is 35.4. The van der Waals surface area contributed by atoms with E-state index in [0.717, 1.165) is 38.5 Å². The highest BCUT2D eigenvalue weighted by molar-refractivity contribution is 5.80. The van der Waals surface area contributed by atoms with E-state index in [1.54, 1.807) is 0 Å². The molecule has 58 heavy (non-hydrogen) atoms. The Labute approximate surface area is 342 Å². The summed E-state index contributed by atoms with van der Waals surface area (Å²) in [5, 5.41) is 84.8. The second-order valence-electron chi connectivity index (χ2n) is 21.0. The maximum Gasteiger partial charge on any atom is 0.311 e. The van der Waals surface area contributed by atoms with Gasteiger partial charge in [0.25, 0.3) is 0 Å². The molecule has 14 nitrogen and oxygen atoms in total. The van der Waals surface area contributed by atoms with Crippen LogP contribution in [0.1, 0.15) is 112 Å². The lowest BCUT2D eigenvalue weighted by molar-refractivity contribution is -0.333. The average Bonchev–Trinajstić information content (AvgIpc) is 3.18. The first-order valence-electron chi connectivity index (χ1n) is 21.7. The molecule has 0 spiro atoms. The summed E-state index contributed by atoms with van der Waals surface area (Å²) in [7, 11) is 1.41. The number of aliphatic hydroxyl groups excluding tert-OH is 7. The monoisotopic (exact) mass is 822 g/mol. The maximum atomic E-state index is 13.2. The Morgan fingerprint density at radius 2 is 1.48 bits per heavy atom. The number of hydrogen-bond acceptors (Lipinski definition) is 13. The average molecular weight is 823 g/mol. The van der Waals surface area contributed by atoms with Crippen molar-refractivity contribution < 1.29 is 69.4 Å². The first-order valence-corrected chi connectivity index (χ1v) is 21.7. The summed E-state index contributed by atoms with van der Waals surface area (Å²) >= 11 is 0. The number of fused-ring (bicyclic) bond motifs is 7. The van der Waals surface area contributed by atoms with Gasteiger partial charge in [-0.05, 0) is 117 Å². The second-order valence-corrected chi connectivity index (χ2v) is 21.0. The van der Waals surface area contributed by atoms with Crippen LogP contribution in [0, 0.1) is 56.2 Å². The number of carbonyl (C=O) groups excluding carboxylic acids is 1. The Hall–Kier alpha value is -1.72. The van der Waals surface area contributed by atoms with E-state index >= 15 is 0 Å². The Morgan fingerprint density at radius 1 is 0.793 bits per heavy atom. The van der Waals surface area contributed by atoms with Crippen molar-refractivity contribution in [1.82, 2.24) is 0 Å². The number of esters is 1. The van der Waals surface area contributed by atoms with Crippen LogP contribution in [0.4, 0.5) is 0 Å². The molecule has 5 saturated carbocycles. The van der Waals surface area contributed by atoms with Crippen LogP contribution in [0.15, 0.2) is 11.6 Å². The third kappa shape index (κ3) is 6.39. The molecular formula is C44H70O14. The van der Waals surface area contributed by atoms with Gasteiger partial charge in [-0.2, -0.15) is 0 Å². The zero-order valence-corrected chi connectivity index (χ0v) is 35.4. The van der Waals surface area contributed by atoms with Gasteiger partial charge >= 0.3 is 11.9 Å². The van der Waals surface area contributed by atoms with E-state index in [9.17, 15) is 50.4 Å². The highest BCUT2D eigenvalue weighted by Gasteiger charge is 2.70. The molecule has 0 radical (unpaired) electrons. The summed E-state index contributed by atoms with van der Waals surface area (Å²) in [6, 6.07) is 0. The summed E-state index contributed by atoms with van der Waals surface area (Å²) in [6.07, 6.45) is -3.31. The Kier molecular flexibility index (Phi) is 11.7. The molecule has 7 rings (SSSR count). The van der Waals surface area contributed by atoms with E-state index < -0.39 is 91.1 Å². The summed E-state index contributed by atoms with van der Waals surface area (Å²) in [6.45, 7) is 12.6. The van der Waals surface area contributed by atoms with Crippen molar-refractivity contribution in [3.63, 3.8) is 0 Å². The minimum Gasteiger partial charge on any atom is -0.481 e. The van der Waals surface area contributed by atoms with Gasteiger partial charge in [-0.25, -0.2) is 0 Å². The second kappa shape index (κ2) is 15.3. The lowest BCUT2D eigenvalue weighted by atomic mass is 9.33. The van der Waals surface area contributed by atoms with Crippen LogP contribution in [0.3, 0.4) is 0 Å². The predicted molar refractivity (Wildman–Crippen MR) is 208 cm³/mol. The third-order valence-electron chi connectivity index (χ3n) is 18.2. The molecule has 19 unspecified atom stereocenters. The van der Waals surface area contributed by atoms with Crippen LogP contribution in [0.25, 0.3) is 0 Å². The van der Waals surface area contributed by atoms with E-state index in [1.165, 1.54) is 12.7 Å². The minimum absolute atomic E-state index is 0.0709. The number of carboxylic acid groups (broad SMARTS) is 1. The molecule has 6 fully saturated rings. The molecule has 14 heteroatoms. The summed E-state index contributed by atoms with van der Waals surface area (Å²) in [5.74, 6) is -1.41. The van der Waals surface area contributed by atoms with Crippen molar-refractivity contribution in [3.05, 3.63) is 11.6 Å². The zero-order chi connectivity index (χ0) is 42.5. The first-order chi connectivity index (χ1) is 27.1. The molecule has 0 amide bonds. The van der Waals surface area contributed by atoms with Gasteiger partial charge in [-0.15, -0.1) is 0 Å². The summed E-state index contributed by atoms with van der Waals surface area (Å²) in [4.78, 5) is 26.3. The van der Waals surface area contributed by atoms with Crippen molar-refractivity contribution in [3.8, 4) is 0 Å². The van der Waals surface area contributed by atoms with Gasteiger partial charge in [-0.1, -0.05) is 46.3 Å². The number of rotatable bonds is 8. The predicted octanol–water partition coefficient (Wildman–Crippen LogP) is 2.70. The van der Waals surface area contributed by atoms with Gasteiger partial charge in [0.05, 0.1) is 42.9 Å². The molecule has 0 aromatic heterocycles. The lowest BCUT2D eigenvalue weighted by Gasteiger charge is -2.71. The Bertz CT molecular complexity index is 1600. The van der Waals surface area contributed by atoms with Crippen LogP contribution in [0.2, 0.25) is 0 Å². The molecular weight excluding hydrogens is 752 g/mol. The van der Waals surface area contributed by atoms with Crippen LogP contribution in [-0.4, -0.2) is 134 Å². The van der Waals surface area contributed by atoms with Gasteiger partial charge in [0, 0.05) is 12.5 Å². The molecule has 0 aromatic rings. The fourth-order valence-electron chi connectivity index (χ4n) is 14.4. The van der Waals surface area contributed by atoms with Gasteiger partial charge in [0.2, 0.25) is 0 Å². The number of ether oxygens (including phenoxy) is 4. The van der Waals surface area contributed by atoms with Gasteiger partial charge in [-0.3, -0.25) is 9.59 Å². The van der Waals surface area contributed by atoms with E-state index in [0.29, 0.717) is 31.6 Å². The number of carboxylic acids is 1. The largest absolute Gasteiger partial charge is 0.481 e. The normalized spacial score (nSPS) is 52.6. The fourth-order valence-corrected chi connectivity index (χ4v) is 14.4. The molecule has 8 N–H and O–H groups in total. The smallest absolute Gasteiger partial charge is 0.311 e. The number of hydrogen-bond donors (Lipinski definition) is 8. The highest BCUT2D eigenvalue weighted by atomic mass is 16.7. The summed E-state index contributed by atoms with van der Waals surface area (Å²) in [5.41, 5.74) is -1.15. The molecule has 330 valence electrons. The molecule has 0 aromatic carbocycles. The van der Waals surface area contributed by atoms with Gasteiger partial charge in [0.1, 0.15) is 36.6 Å². The molecule has 1 saturated heterocycles. The number of methoxy groups -OCH3 is 1. The van der Waals surface area contributed by atoms with Crippen molar-refractivity contribution in [2.24, 2.45) is 56.2 Å². The van der Waals surface area contributed by atoms with Crippen LogP contribution in [-0.2, 0) is 28.5 Å². The SMILES string of the molecule is COC(=O)C1(C)CCC2(C(=O)O)CCC3(C)C(=CCC4C5(C)CCC(OC6CC(CO)C(OC7OC(CO)C(O)C(O)C7O)C(O)C6O)C(C)(C)C5CCC43C)C2C1. The quantitative estimate of drug-likeness (QED) is 0.130. The van der Waals surface area contributed by atoms with E-state index in [1.807, 2.05) is 6.92 Å². The maximum absolute atomic E-state index is 13.2. The minimum atomic E-state index is -1.70. The molecule has 0 bridgehead atoms. The van der Waals surface area contributed by atoms with Crippen molar-refractivity contribution >= 4 is 11.9 Å². The molecule has 7 aliphatic rings. The van der Waals surface area contributed by atoms with Crippen LogP contribution < -0.4 is 0 Å². The summed E-state index contributed by atoms with van der Waals surface area (Å²) < 4.78 is 23.5. The topological polar surface area (TPSA) is 233 Å². The highest BCUT2D eigenvalue weighted by Crippen LogP contribution is 2.76. The van der Waals surface area contributed by atoms with E-state index in [4.69, 9.17) is 18.9 Å². The van der Waals surface area contributed by atoms with Crippen molar-refractivity contribution in [1.29, 1.82) is 0 Å². The van der Waals surface area contributed by atoms with E-state index in [2.05, 4.69) is 40.7 Å². The number of aliphatic carboxylic acids is 1. The Morgan fingerprint density at radius 3 is 2.12 bits per heavy atom. The van der Waals surface area contributed by atoms with Gasteiger partial charge < -0.3 is 59.8 Å². The molecule has 1 aliphatic heterocycles. The van der Waals surface area contributed by atoms with Crippen LogP contribution >= 0.6 is 0 Å². The standard InChI is InChI=1S/C44H70O14/c1-39(2)27-10-13-43(6)28(9-8-23-24-19-40(3,38(54)55-7)14-16-44(24,37(52)53)17-15-42(23,43)5)41(27,4)12-11-29(39)56-25-18-22(20-45)35(33(50)30(25)47)58-36-34(51)32(49)31(48)26(21-46)57-36/h8,22,24-36,45-51H,9-21H2,1-7H3,(H,52,53). The third-order valence-corrected chi connectivity index (χ3v) is 18.2. The molecule has 6 aliphatic carbocycles. The van der Waals surface area contributed by atoms with Crippen molar-refractivity contribution in [2.75, 3.05) is 20.3 Å². The van der Waals surface area contributed by atoms with Crippen molar-refractivity contribution in [2.45, 2.75) is 173 Å². The van der Waals surface area contributed by atoms with E-state index in [-0.39, 0.29) is 52.0 Å². The fraction of sp³-hybridized carbons (Fsp3) is 0.909.